The molecule has 2 aromatic rings. The van der Waals surface area contributed by atoms with Crippen LogP contribution in [-0.2, 0) is 4.74 Å². The van der Waals surface area contributed by atoms with Gasteiger partial charge in [-0.2, -0.15) is 4.98 Å². The molecule has 0 bridgehead atoms. The Kier molecular flexibility index (Phi) is 13.9. The molecule has 0 saturated carbocycles. The molecular formula is C26H41F2N9O4. The van der Waals surface area contributed by atoms with Gasteiger partial charge in [0.2, 0.25) is 11.8 Å². The number of carbonyl (C=O) groups excluding carboxylic acids is 2. The summed E-state index contributed by atoms with van der Waals surface area (Å²) in [5.41, 5.74) is 0. The zero-order valence-corrected chi connectivity index (χ0v) is 24.3. The van der Waals surface area contributed by atoms with Gasteiger partial charge in [0.15, 0.2) is 5.82 Å². The molecule has 13 nitrogen and oxygen atoms in total. The standard InChI is InChI=1S/C19H24F2N8O4.C5H11N.C2H6/c1-4-33-15-10-23-14(9-24-15)26-17(30)28(2)12-11-29(8-6-19(12,20)21)16-22-7-5-13(25-16)27-18(31)32-3;1-2-4-6-5-3-1;1-2/h5,7,9-10,12H,4,6,8,11H2,1-3H3,(H,23,26,30)(H,22,25,27,31);6H,1-5H2;1-2H3. The van der Waals surface area contributed by atoms with Crippen molar-refractivity contribution in [3.8, 4) is 5.88 Å². The second-order valence-electron chi connectivity index (χ2n) is 8.86. The zero-order chi connectivity index (χ0) is 30.3. The first-order valence-electron chi connectivity index (χ1n) is 13.7. The lowest BCUT2D eigenvalue weighted by molar-refractivity contribution is -0.0760. The molecule has 228 valence electrons. The fourth-order valence-corrected chi connectivity index (χ4v) is 3.94. The number of hydrogen-bond acceptors (Lipinski definition) is 10. The number of halogens is 2. The van der Waals surface area contributed by atoms with Crippen molar-refractivity contribution in [3.63, 3.8) is 0 Å². The third-order valence-corrected chi connectivity index (χ3v) is 6.09. The molecule has 0 radical (unpaired) electrons. The summed E-state index contributed by atoms with van der Waals surface area (Å²) in [4.78, 5) is 42.7. The van der Waals surface area contributed by atoms with Crippen LogP contribution in [0.4, 0.5) is 36.0 Å². The molecule has 4 heterocycles. The number of anilines is 3. The average Bonchev–Trinajstić information content (AvgIpc) is 3.00. The normalized spacial score (nSPS) is 17.4. The molecule has 0 aromatic carbocycles. The Morgan fingerprint density at radius 1 is 1.12 bits per heavy atom. The van der Waals surface area contributed by atoms with E-state index in [1.165, 1.54) is 76.1 Å². The molecule has 2 fully saturated rings. The first kappa shape index (κ1) is 33.3. The first-order valence-corrected chi connectivity index (χ1v) is 13.7. The predicted octanol–water partition coefficient (Wildman–Crippen LogP) is 4.01. The second-order valence-corrected chi connectivity index (χ2v) is 8.86. The van der Waals surface area contributed by atoms with Crippen LogP contribution in [0, 0.1) is 0 Å². The van der Waals surface area contributed by atoms with E-state index < -0.39 is 30.5 Å². The summed E-state index contributed by atoms with van der Waals surface area (Å²) in [6.07, 6.45) is 6.95. The summed E-state index contributed by atoms with van der Waals surface area (Å²) in [6.45, 7) is 8.43. The van der Waals surface area contributed by atoms with Crippen molar-refractivity contribution in [1.29, 1.82) is 0 Å². The molecule has 0 aliphatic carbocycles. The lowest BCUT2D eigenvalue weighted by Gasteiger charge is -2.42. The van der Waals surface area contributed by atoms with Crippen LogP contribution in [0.3, 0.4) is 0 Å². The molecule has 15 heteroatoms. The molecule has 4 rings (SSSR count). The lowest BCUT2D eigenvalue weighted by atomic mass is 10.00. The van der Waals surface area contributed by atoms with E-state index >= 15 is 0 Å². The number of nitrogens with zero attached hydrogens (tertiary/aromatic N) is 6. The number of hydrogen-bond donors (Lipinski definition) is 3. The zero-order valence-electron chi connectivity index (χ0n) is 24.3. The Morgan fingerprint density at radius 3 is 2.41 bits per heavy atom. The molecule has 1 atom stereocenters. The van der Waals surface area contributed by atoms with E-state index in [0.717, 1.165) is 4.90 Å². The minimum absolute atomic E-state index is 0.0367. The maximum atomic E-state index is 14.7. The summed E-state index contributed by atoms with van der Waals surface area (Å²) < 4.78 is 39.2. The Hall–Kier alpha value is -3.88. The van der Waals surface area contributed by atoms with E-state index in [9.17, 15) is 18.4 Å². The van der Waals surface area contributed by atoms with Crippen LogP contribution < -0.4 is 25.6 Å². The van der Waals surface area contributed by atoms with Crippen molar-refractivity contribution >= 4 is 29.7 Å². The van der Waals surface area contributed by atoms with Gasteiger partial charge in [0.1, 0.15) is 11.9 Å². The van der Waals surface area contributed by atoms with Gasteiger partial charge in [-0.3, -0.25) is 10.6 Å². The summed E-state index contributed by atoms with van der Waals surface area (Å²) >= 11 is 0. The molecular weight excluding hydrogens is 540 g/mol. The van der Waals surface area contributed by atoms with Crippen LogP contribution in [0.15, 0.2) is 24.7 Å². The van der Waals surface area contributed by atoms with E-state index in [2.05, 4.69) is 40.6 Å². The summed E-state index contributed by atoms with van der Waals surface area (Å²) in [7, 11) is 2.48. The van der Waals surface area contributed by atoms with E-state index in [-0.39, 0.29) is 36.6 Å². The SMILES string of the molecule is C1CCNCC1.CC.CCOc1cnc(NC(=O)N(C)C2CN(c3nccc(NC(=O)OC)n3)CCC2(F)F)cn1. The number of carbonyl (C=O) groups is 2. The second kappa shape index (κ2) is 17.0. The number of piperidine rings is 2. The molecule has 2 saturated heterocycles. The van der Waals surface area contributed by atoms with Gasteiger partial charge in [0, 0.05) is 32.8 Å². The number of rotatable bonds is 6. The highest BCUT2D eigenvalue weighted by Crippen LogP contribution is 2.33. The topological polar surface area (TPSA) is 147 Å². The number of nitrogens with one attached hydrogen (secondary N) is 3. The monoisotopic (exact) mass is 581 g/mol. The number of likely N-dealkylation sites (N-methyl/N-ethyl adjacent to an activating group) is 1. The molecule has 3 amide bonds. The molecule has 2 aromatic heterocycles. The van der Waals surface area contributed by atoms with Gasteiger partial charge in [0.25, 0.3) is 5.92 Å². The van der Waals surface area contributed by atoms with Crippen molar-refractivity contribution < 1.29 is 27.8 Å². The molecule has 3 N–H and O–H groups in total. The Balaban J connectivity index is 0.000000640. The van der Waals surface area contributed by atoms with Crippen molar-refractivity contribution in [2.24, 2.45) is 0 Å². The van der Waals surface area contributed by atoms with Gasteiger partial charge in [0.05, 0.1) is 26.1 Å². The van der Waals surface area contributed by atoms with Crippen LogP contribution in [0.25, 0.3) is 0 Å². The lowest BCUT2D eigenvalue weighted by Crippen LogP contribution is -2.60. The Labute approximate surface area is 239 Å². The molecule has 0 spiro atoms. The van der Waals surface area contributed by atoms with E-state index in [4.69, 9.17) is 4.74 Å². The minimum Gasteiger partial charge on any atom is -0.477 e. The van der Waals surface area contributed by atoms with Crippen LogP contribution in [0.5, 0.6) is 5.88 Å². The predicted molar refractivity (Wildman–Crippen MR) is 152 cm³/mol. The van der Waals surface area contributed by atoms with Crippen molar-refractivity contribution in [3.05, 3.63) is 24.7 Å². The highest BCUT2D eigenvalue weighted by atomic mass is 19.3. The highest BCUT2D eigenvalue weighted by Gasteiger charge is 2.48. The number of aromatic nitrogens is 4. The first-order chi connectivity index (χ1) is 19.7. The number of ether oxygens (including phenoxy) is 2. The third-order valence-electron chi connectivity index (χ3n) is 6.09. The van der Waals surface area contributed by atoms with Crippen LogP contribution in [0.2, 0.25) is 0 Å². The molecule has 2 aliphatic heterocycles. The molecule has 2 aliphatic rings. The minimum atomic E-state index is -3.14. The van der Waals surface area contributed by atoms with Gasteiger partial charge in [-0.15, -0.1) is 0 Å². The largest absolute Gasteiger partial charge is 0.477 e. The van der Waals surface area contributed by atoms with Gasteiger partial charge < -0.3 is 24.6 Å². The number of amides is 3. The van der Waals surface area contributed by atoms with E-state index in [1.807, 2.05) is 13.8 Å². The van der Waals surface area contributed by atoms with Crippen molar-refractivity contribution in [2.75, 3.05) is 62.5 Å². The van der Waals surface area contributed by atoms with Gasteiger partial charge in [-0.05, 0) is 38.9 Å². The van der Waals surface area contributed by atoms with E-state index in [0.29, 0.717) is 6.61 Å². The molecule has 1 unspecified atom stereocenters. The quantitative estimate of drug-likeness (QED) is 0.457. The van der Waals surface area contributed by atoms with Gasteiger partial charge in [-0.1, -0.05) is 20.3 Å². The van der Waals surface area contributed by atoms with Crippen molar-refractivity contribution in [1.82, 2.24) is 30.2 Å². The number of urea groups is 1. The number of alkyl halides is 2. The van der Waals surface area contributed by atoms with Crippen molar-refractivity contribution in [2.45, 2.75) is 58.4 Å². The summed E-state index contributed by atoms with van der Waals surface area (Å²) in [5, 5.41) is 8.13. The average molecular weight is 582 g/mol. The van der Waals surface area contributed by atoms with Crippen LogP contribution in [-0.4, -0.2) is 95.9 Å². The smallest absolute Gasteiger partial charge is 0.412 e. The summed E-state index contributed by atoms with van der Waals surface area (Å²) in [5.74, 6) is -2.48. The van der Waals surface area contributed by atoms with Crippen LogP contribution in [0.1, 0.15) is 46.5 Å². The Bertz CT molecular complexity index is 1060. The van der Waals surface area contributed by atoms with Crippen LogP contribution >= 0.6 is 0 Å². The third kappa shape index (κ3) is 10.6. The van der Waals surface area contributed by atoms with Gasteiger partial charge >= 0.3 is 12.1 Å². The highest BCUT2D eigenvalue weighted by molar-refractivity contribution is 5.88. The summed E-state index contributed by atoms with van der Waals surface area (Å²) in [6, 6.07) is -0.807. The van der Waals surface area contributed by atoms with E-state index in [1.54, 1.807) is 6.92 Å². The fraction of sp³-hybridized carbons (Fsp3) is 0.615. The maximum Gasteiger partial charge on any atom is 0.412 e. The molecule has 41 heavy (non-hydrogen) atoms. The van der Waals surface area contributed by atoms with Gasteiger partial charge in [-0.25, -0.2) is 33.3 Å². The maximum absolute atomic E-state index is 14.7. The fourth-order valence-electron chi connectivity index (χ4n) is 3.94. The number of methoxy groups -OCH3 is 1. The Morgan fingerprint density at radius 2 is 1.85 bits per heavy atom.